The SMILES string of the molecule is COc1ccc(C(=O)c2nccc3c2[nH]c2ccccc23)c(OC)c1. The van der Waals surface area contributed by atoms with E-state index < -0.39 is 0 Å². The largest absolute Gasteiger partial charge is 0.497 e. The smallest absolute Gasteiger partial charge is 0.217 e. The van der Waals surface area contributed by atoms with Crippen LogP contribution in [0.5, 0.6) is 11.5 Å². The van der Waals surface area contributed by atoms with Crippen molar-refractivity contribution in [3.05, 3.63) is 66.0 Å². The third kappa shape index (κ3) is 2.41. The van der Waals surface area contributed by atoms with Crippen molar-refractivity contribution in [1.82, 2.24) is 9.97 Å². The Morgan fingerprint density at radius 2 is 1.84 bits per heavy atom. The van der Waals surface area contributed by atoms with Crippen molar-refractivity contribution >= 4 is 27.6 Å². The number of rotatable bonds is 4. The third-order valence-corrected chi connectivity index (χ3v) is 4.30. The molecule has 0 unspecified atom stereocenters. The summed E-state index contributed by atoms with van der Waals surface area (Å²) in [6.45, 7) is 0. The van der Waals surface area contributed by atoms with Gasteiger partial charge in [0.2, 0.25) is 5.78 Å². The van der Waals surface area contributed by atoms with Gasteiger partial charge in [-0.05, 0) is 24.3 Å². The van der Waals surface area contributed by atoms with E-state index in [4.69, 9.17) is 9.47 Å². The first-order valence-corrected chi connectivity index (χ1v) is 7.85. The second-order valence-corrected chi connectivity index (χ2v) is 5.65. The third-order valence-electron chi connectivity index (χ3n) is 4.30. The van der Waals surface area contributed by atoms with Gasteiger partial charge in [0.05, 0.1) is 25.3 Å². The van der Waals surface area contributed by atoms with Crippen LogP contribution in [-0.2, 0) is 0 Å². The molecule has 25 heavy (non-hydrogen) atoms. The molecule has 0 aliphatic carbocycles. The lowest BCUT2D eigenvalue weighted by atomic mass is 10.0. The number of aromatic nitrogens is 2. The summed E-state index contributed by atoms with van der Waals surface area (Å²) in [5, 5.41) is 2.04. The van der Waals surface area contributed by atoms with Gasteiger partial charge < -0.3 is 14.5 Å². The second kappa shape index (κ2) is 5.94. The molecule has 0 radical (unpaired) electrons. The van der Waals surface area contributed by atoms with Crippen LogP contribution in [0.3, 0.4) is 0 Å². The van der Waals surface area contributed by atoms with E-state index >= 15 is 0 Å². The summed E-state index contributed by atoms with van der Waals surface area (Å²) in [5.74, 6) is 0.890. The molecule has 0 aliphatic heterocycles. The van der Waals surface area contributed by atoms with Gasteiger partial charge in [0.15, 0.2) is 0 Å². The fraction of sp³-hybridized carbons (Fsp3) is 0.100. The van der Waals surface area contributed by atoms with Gasteiger partial charge in [-0.2, -0.15) is 0 Å². The van der Waals surface area contributed by atoms with Gasteiger partial charge in [-0.1, -0.05) is 18.2 Å². The van der Waals surface area contributed by atoms with Gasteiger partial charge in [0.25, 0.3) is 0 Å². The summed E-state index contributed by atoms with van der Waals surface area (Å²) in [4.78, 5) is 20.8. The molecule has 0 fully saturated rings. The molecule has 0 saturated heterocycles. The van der Waals surface area contributed by atoms with Crippen molar-refractivity contribution in [3.63, 3.8) is 0 Å². The standard InChI is InChI=1S/C20H16N2O3/c1-24-12-7-8-15(17(11-12)25-2)20(23)19-18-14(9-10-21-19)13-5-3-4-6-16(13)22-18/h3-11,22H,1-2H3. The lowest BCUT2D eigenvalue weighted by Gasteiger charge is -2.09. The molecule has 0 spiro atoms. The molecule has 4 aromatic rings. The number of carbonyl (C=O) groups is 1. The normalized spacial score (nSPS) is 11.0. The molecule has 0 atom stereocenters. The van der Waals surface area contributed by atoms with Crippen molar-refractivity contribution in [3.8, 4) is 11.5 Å². The molecule has 2 heterocycles. The van der Waals surface area contributed by atoms with E-state index in [0.29, 0.717) is 22.8 Å². The van der Waals surface area contributed by atoms with Crippen LogP contribution in [0.2, 0.25) is 0 Å². The average Bonchev–Trinajstić information content (AvgIpc) is 3.05. The predicted molar refractivity (Wildman–Crippen MR) is 96.6 cm³/mol. The minimum Gasteiger partial charge on any atom is -0.497 e. The highest BCUT2D eigenvalue weighted by molar-refractivity contribution is 6.19. The monoisotopic (exact) mass is 332 g/mol. The first-order valence-electron chi connectivity index (χ1n) is 7.85. The maximum atomic E-state index is 13.1. The highest BCUT2D eigenvalue weighted by Gasteiger charge is 2.20. The fourth-order valence-corrected chi connectivity index (χ4v) is 3.06. The number of ether oxygens (including phenoxy) is 2. The fourth-order valence-electron chi connectivity index (χ4n) is 3.06. The van der Waals surface area contributed by atoms with Crippen LogP contribution in [0.15, 0.2) is 54.7 Å². The summed E-state index contributed by atoms with van der Waals surface area (Å²) in [5.41, 5.74) is 2.52. The van der Waals surface area contributed by atoms with Crippen molar-refractivity contribution in [2.75, 3.05) is 14.2 Å². The van der Waals surface area contributed by atoms with Gasteiger partial charge in [-0.3, -0.25) is 9.78 Å². The Morgan fingerprint density at radius 1 is 1.00 bits per heavy atom. The number of hydrogen-bond acceptors (Lipinski definition) is 4. The number of pyridine rings is 1. The Labute approximate surface area is 144 Å². The van der Waals surface area contributed by atoms with E-state index in [2.05, 4.69) is 9.97 Å². The number of benzene rings is 2. The molecule has 0 aliphatic rings. The highest BCUT2D eigenvalue weighted by Crippen LogP contribution is 2.30. The minimum atomic E-state index is -0.198. The van der Waals surface area contributed by atoms with Crippen LogP contribution in [0, 0.1) is 0 Å². The summed E-state index contributed by atoms with van der Waals surface area (Å²) in [6.07, 6.45) is 1.66. The number of aromatic amines is 1. The molecule has 4 rings (SSSR count). The predicted octanol–water partition coefficient (Wildman–Crippen LogP) is 3.96. The summed E-state index contributed by atoms with van der Waals surface area (Å²) in [7, 11) is 3.10. The first kappa shape index (κ1) is 15.2. The molecular formula is C20H16N2O3. The van der Waals surface area contributed by atoms with Crippen molar-refractivity contribution in [2.24, 2.45) is 0 Å². The number of carbonyl (C=O) groups excluding carboxylic acids is 1. The van der Waals surface area contributed by atoms with E-state index in [-0.39, 0.29) is 5.78 Å². The number of para-hydroxylation sites is 1. The number of nitrogens with zero attached hydrogens (tertiary/aromatic N) is 1. The highest BCUT2D eigenvalue weighted by atomic mass is 16.5. The van der Waals surface area contributed by atoms with E-state index in [1.807, 2.05) is 30.3 Å². The number of ketones is 1. The van der Waals surface area contributed by atoms with E-state index in [9.17, 15) is 4.79 Å². The molecule has 0 amide bonds. The molecule has 0 saturated carbocycles. The van der Waals surface area contributed by atoms with Gasteiger partial charge in [-0.15, -0.1) is 0 Å². The Kier molecular flexibility index (Phi) is 3.61. The Balaban J connectivity index is 1.91. The van der Waals surface area contributed by atoms with Gasteiger partial charge in [-0.25, -0.2) is 0 Å². The van der Waals surface area contributed by atoms with Crippen molar-refractivity contribution in [1.29, 1.82) is 0 Å². The number of methoxy groups -OCH3 is 2. The summed E-state index contributed by atoms with van der Waals surface area (Å²) < 4.78 is 10.6. The second-order valence-electron chi connectivity index (χ2n) is 5.65. The minimum absolute atomic E-state index is 0.198. The Hall–Kier alpha value is -3.34. The molecule has 2 aromatic heterocycles. The van der Waals surface area contributed by atoms with Crippen LogP contribution in [0.25, 0.3) is 21.8 Å². The number of fused-ring (bicyclic) bond motifs is 3. The molecule has 0 bridgehead atoms. The molecule has 5 nitrogen and oxygen atoms in total. The van der Waals surface area contributed by atoms with E-state index in [1.165, 1.54) is 7.11 Å². The molecule has 2 aromatic carbocycles. The van der Waals surface area contributed by atoms with Crippen molar-refractivity contribution in [2.45, 2.75) is 0 Å². The Morgan fingerprint density at radius 3 is 2.64 bits per heavy atom. The van der Waals surface area contributed by atoms with Crippen molar-refractivity contribution < 1.29 is 14.3 Å². The van der Waals surface area contributed by atoms with E-state index in [0.717, 1.165) is 21.8 Å². The zero-order valence-electron chi connectivity index (χ0n) is 13.9. The molecule has 124 valence electrons. The molecular weight excluding hydrogens is 316 g/mol. The first-order chi connectivity index (χ1) is 12.2. The topological polar surface area (TPSA) is 64.2 Å². The van der Waals surface area contributed by atoms with Gasteiger partial charge in [0, 0.05) is 28.6 Å². The lowest BCUT2D eigenvalue weighted by molar-refractivity contribution is 0.103. The Bertz CT molecular complexity index is 1100. The number of hydrogen-bond donors (Lipinski definition) is 1. The van der Waals surface area contributed by atoms with Crippen LogP contribution in [0.4, 0.5) is 0 Å². The van der Waals surface area contributed by atoms with Crippen LogP contribution < -0.4 is 9.47 Å². The average molecular weight is 332 g/mol. The maximum absolute atomic E-state index is 13.1. The summed E-state index contributed by atoms with van der Waals surface area (Å²) in [6, 6.07) is 15.0. The summed E-state index contributed by atoms with van der Waals surface area (Å²) >= 11 is 0. The lowest BCUT2D eigenvalue weighted by Crippen LogP contribution is -2.07. The zero-order valence-corrected chi connectivity index (χ0v) is 13.9. The quantitative estimate of drug-likeness (QED) is 0.575. The number of nitrogens with one attached hydrogen (secondary N) is 1. The molecule has 5 heteroatoms. The van der Waals surface area contributed by atoms with Crippen LogP contribution in [0.1, 0.15) is 16.1 Å². The van der Waals surface area contributed by atoms with Crippen LogP contribution >= 0.6 is 0 Å². The van der Waals surface area contributed by atoms with E-state index in [1.54, 1.807) is 31.5 Å². The van der Waals surface area contributed by atoms with Gasteiger partial charge in [0.1, 0.15) is 17.2 Å². The maximum Gasteiger partial charge on any atom is 0.217 e. The van der Waals surface area contributed by atoms with Crippen LogP contribution in [-0.4, -0.2) is 30.0 Å². The number of H-pyrrole nitrogens is 1. The molecule has 1 N–H and O–H groups in total. The van der Waals surface area contributed by atoms with Gasteiger partial charge >= 0.3 is 0 Å². The zero-order chi connectivity index (χ0) is 17.4.